The van der Waals surface area contributed by atoms with Crippen LogP contribution in [-0.2, 0) is 0 Å². The van der Waals surface area contributed by atoms with Gasteiger partial charge in [-0.25, -0.2) is 4.39 Å². The molecule has 1 saturated carbocycles. The van der Waals surface area contributed by atoms with Gasteiger partial charge in [-0.3, -0.25) is 0 Å². The molecule has 0 bridgehead atoms. The van der Waals surface area contributed by atoms with Crippen molar-refractivity contribution in [2.75, 3.05) is 0 Å². The van der Waals surface area contributed by atoms with Crippen LogP contribution in [0, 0.1) is 11.7 Å². The Bertz CT molecular complexity index is 516. The minimum absolute atomic E-state index is 0.173. The molecule has 19 heavy (non-hydrogen) atoms. The molecule has 2 unspecified atom stereocenters. The third-order valence-electron chi connectivity index (χ3n) is 3.74. The van der Waals surface area contributed by atoms with Crippen LogP contribution in [-0.4, -0.2) is 0 Å². The van der Waals surface area contributed by atoms with Crippen molar-refractivity contribution in [2.45, 2.75) is 31.8 Å². The van der Waals surface area contributed by atoms with Crippen LogP contribution < -0.4 is 5.32 Å². The summed E-state index contributed by atoms with van der Waals surface area (Å²) in [6.07, 6.45) is 2.62. The predicted molar refractivity (Wildman–Crippen MR) is 77.7 cm³/mol. The van der Waals surface area contributed by atoms with E-state index in [0.29, 0.717) is 6.04 Å². The highest BCUT2D eigenvalue weighted by molar-refractivity contribution is 7.10. The lowest BCUT2D eigenvalue weighted by molar-refractivity contribution is 0.432. The molecule has 0 aliphatic heterocycles. The zero-order valence-electron chi connectivity index (χ0n) is 11.0. The average molecular weight is 275 g/mol. The van der Waals surface area contributed by atoms with Crippen LogP contribution in [0.15, 0.2) is 41.8 Å². The van der Waals surface area contributed by atoms with E-state index in [-0.39, 0.29) is 11.9 Å². The first-order chi connectivity index (χ1) is 9.24. The molecule has 1 aliphatic rings. The molecule has 3 rings (SSSR count). The van der Waals surface area contributed by atoms with E-state index in [1.807, 2.05) is 23.5 Å². The molecule has 2 atom stereocenters. The molecule has 1 aromatic carbocycles. The van der Waals surface area contributed by atoms with Gasteiger partial charge < -0.3 is 5.32 Å². The Balaban J connectivity index is 1.73. The fourth-order valence-electron chi connectivity index (χ4n) is 2.47. The Kier molecular flexibility index (Phi) is 3.67. The lowest BCUT2D eigenvalue weighted by Crippen LogP contribution is -2.25. The van der Waals surface area contributed by atoms with Gasteiger partial charge >= 0.3 is 0 Å². The van der Waals surface area contributed by atoms with Gasteiger partial charge in [0.1, 0.15) is 5.82 Å². The van der Waals surface area contributed by atoms with Crippen molar-refractivity contribution < 1.29 is 4.39 Å². The first kappa shape index (κ1) is 12.8. The number of halogens is 1. The van der Waals surface area contributed by atoms with Crippen LogP contribution in [0.5, 0.6) is 0 Å². The molecule has 1 heterocycles. The molecular formula is C16H18FNS. The first-order valence-corrected chi connectivity index (χ1v) is 7.67. The highest BCUT2D eigenvalue weighted by Gasteiger charge is 2.33. The Morgan fingerprint density at radius 2 is 1.95 bits per heavy atom. The normalized spacial score (nSPS) is 18.2. The first-order valence-electron chi connectivity index (χ1n) is 6.79. The van der Waals surface area contributed by atoms with Crippen LogP contribution in [0.3, 0.4) is 0 Å². The van der Waals surface area contributed by atoms with E-state index in [9.17, 15) is 4.39 Å². The molecule has 0 saturated heterocycles. The van der Waals surface area contributed by atoms with Crippen molar-refractivity contribution in [1.29, 1.82) is 0 Å². The molecule has 1 nitrogen and oxygen atoms in total. The van der Waals surface area contributed by atoms with Gasteiger partial charge in [-0.2, -0.15) is 0 Å². The van der Waals surface area contributed by atoms with E-state index in [4.69, 9.17) is 0 Å². The smallest absolute Gasteiger partial charge is 0.123 e. The second-order valence-corrected chi connectivity index (χ2v) is 6.25. The summed E-state index contributed by atoms with van der Waals surface area (Å²) in [4.78, 5) is 1.41. The number of thiophene rings is 1. The molecule has 1 aromatic heterocycles. The quantitative estimate of drug-likeness (QED) is 0.834. The number of rotatable bonds is 5. The topological polar surface area (TPSA) is 12.0 Å². The fraction of sp³-hybridized carbons (Fsp3) is 0.375. The lowest BCUT2D eigenvalue weighted by atomic mass is 10.0. The number of hydrogen-bond donors (Lipinski definition) is 1. The van der Waals surface area contributed by atoms with Crippen molar-refractivity contribution in [1.82, 2.24) is 5.32 Å². The van der Waals surface area contributed by atoms with E-state index >= 15 is 0 Å². The van der Waals surface area contributed by atoms with Gasteiger partial charge in [0.15, 0.2) is 0 Å². The second-order valence-electron chi connectivity index (χ2n) is 5.27. The van der Waals surface area contributed by atoms with Gasteiger partial charge in [0, 0.05) is 17.0 Å². The zero-order chi connectivity index (χ0) is 13.2. The van der Waals surface area contributed by atoms with E-state index in [1.165, 1.54) is 29.9 Å². The summed E-state index contributed by atoms with van der Waals surface area (Å²) < 4.78 is 13.0. The maximum Gasteiger partial charge on any atom is 0.123 e. The number of benzene rings is 1. The van der Waals surface area contributed by atoms with Crippen LogP contribution in [0.1, 0.15) is 42.3 Å². The molecule has 1 aliphatic carbocycles. The number of hydrogen-bond acceptors (Lipinski definition) is 2. The highest BCUT2D eigenvalue weighted by Crippen LogP contribution is 2.43. The Hall–Kier alpha value is -1.19. The van der Waals surface area contributed by atoms with Gasteiger partial charge in [0.25, 0.3) is 0 Å². The molecule has 1 fully saturated rings. The van der Waals surface area contributed by atoms with Crippen LogP contribution in [0.2, 0.25) is 0 Å². The van der Waals surface area contributed by atoms with E-state index in [0.717, 1.165) is 11.5 Å². The molecule has 3 heteroatoms. The molecule has 0 amide bonds. The van der Waals surface area contributed by atoms with Gasteiger partial charge in [0.05, 0.1) is 0 Å². The minimum atomic E-state index is -0.173. The van der Waals surface area contributed by atoms with Crippen LogP contribution in [0.25, 0.3) is 0 Å². The summed E-state index contributed by atoms with van der Waals surface area (Å²) in [6, 6.07) is 11.8. The third-order valence-corrected chi connectivity index (χ3v) is 4.70. The van der Waals surface area contributed by atoms with Crippen molar-refractivity contribution >= 4 is 11.3 Å². The molecule has 1 N–H and O–H groups in total. The summed E-state index contributed by atoms with van der Waals surface area (Å²) in [6.45, 7) is 2.15. The summed E-state index contributed by atoms with van der Waals surface area (Å²) in [7, 11) is 0. The summed E-state index contributed by atoms with van der Waals surface area (Å²) >= 11 is 1.82. The van der Waals surface area contributed by atoms with Crippen LogP contribution in [0.4, 0.5) is 4.39 Å². The summed E-state index contributed by atoms with van der Waals surface area (Å²) in [5.41, 5.74) is 1.14. The maximum atomic E-state index is 13.0. The van der Waals surface area contributed by atoms with Crippen molar-refractivity contribution in [3.05, 3.63) is 58.0 Å². The van der Waals surface area contributed by atoms with Crippen molar-refractivity contribution in [3.63, 3.8) is 0 Å². The Labute approximate surface area is 117 Å². The minimum Gasteiger partial charge on any atom is -0.302 e. The second kappa shape index (κ2) is 5.43. The zero-order valence-corrected chi connectivity index (χ0v) is 11.8. The van der Waals surface area contributed by atoms with Crippen molar-refractivity contribution in [3.8, 4) is 0 Å². The molecular weight excluding hydrogens is 257 g/mol. The highest BCUT2D eigenvalue weighted by atomic mass is 32.1. The molecule has 100 valence electrons. The Morgan fingerprint density at radius 1 is 1.21 bits per heavy atom. The van der Waals surface area contributed by atoms with Gasteiger partial charge in [-0.1, -0.05) is 18.2 Å². The summed E-state index contributed by atoms with van der Waals surface area (Å²) in [5.74, 6) is 0.592. The fourth-order valence-corrected chi connectivity index (χ4v) is 3.34. The van der Waals surface area contributed by atoms with Crippen molar-refractivity contribution in [2.24, 2.45) is 5.92 Å². The van der Waals surface area contributed by atoms with E-state index in [1.54, 1.807) is 0 Å². The Morgan fingerprint density at radius 3 is 2.53 bits per heavy atom. The average Bonchev–Trinajstić information content (AvgIpc) is 3.11. The number of nitrogens with one attached hydrogen (secondary N) is 1. The maximum absolute atomic E-state index is 13.0. The molecule has 0 spiro atoms. The monoisotopic (exact) mass is 275 g/mol. The predicted octanol–water partition coefficient (Wildman–Crippen LogP) is 4.69. The van der Waals surface area contributed by atoms with Gasteiger partial charge in [-0.05, 0) is 54.8 Å². The van der Waals surface area contributed by atoms with Gasteiger partial charge in [-0.15, -0.1) is 11.3 Å². The SMILES string of the molecule is CC(NC(c1cccs1)C1CC1)c1ccc(F)cc1. The standard InChI is InChI=1S/C16H18FNS/c1-11(12-6-8-14(17)9-7-12)18-16(13-4-5-13)15-3-2-10-19-15/h2-3,6-11,13,16,18H,4-5H2,1H3. The largest absolute Gasteiger partial charge is 0.302 e. The van der Waals surface area contributed by atoms with E-state index in [2.05, 4.69) is 29.8 Å². The van der Waals surface area contributed by atoms with Gasteiger partial charge in [0.2, 0.25) is 0 Å². The summed E-state index contributed by atoms with van der Waals surface area (Å²) in [5, 5.41) is 5.84. The van der Waals surface area contributed by atoms with E-state index < -0.39 is 0 Å². The third kappa shape index (κ3) is 3.04. The van der Waals surface area contributed by atoms with Crippen LogP contribution >= 0.6 is 11.3 Å². The molecule has 0 radical (unpaired) electrons. The molecule has 2 aromatic rings. The lowest BCUT2D eigenvalue weighted by Gasteiger charge is -2.22.